The zero-order chi connectivity index (χ0) is 16.0. The van der Waals surface area contributed by atoms with Gasteiger partial charge in [0.05, 0.1) is 23.1 Å². The predicted octanol–water partition coefficient (Wildman–Crippen LogP) is 2.20. The average molecular weight is 311 g/mol. The van der Waals surface area contributed by atoms with Crippen LogP contribution in [-0.4, -0.2) is 20.6 Å². The van der Waals surface area contributed by atoms with Crippen LogP contribution in [0.1, 0.15) is 25.0 Å². The molecule has 118 valence electrons. The zero-order valence-electron chi connectivity index (χ0n) is 12.6. The Morgan fingerprint density at radius 3 is 2.78 bits per heavy atom. The van der Waals surface area contributed by atoms with Crippen LogP contribution in [0.3, 0.4) is 0 Å². The second-order valence-electron chi connectivity index (χ2n) is 6.29. The van der Waals surface area contributed by atoms with Gasteiger partial charge in [-0.05, 0) is 43.5 Å². The lowest BCUT2D eigenvalue weighted by atomic mass is 9.93. The first-order valence-corrected chi connectivity index (χ1v) is 7.70. The van der Waals surface area contributed by atoms with E-state index in [9.17, 15) is 4.39 Å². The largest absolute Gasteiger partial charge is 0.328 e. The summed E-state index contributed by atoms with van der Waals surface area (Å²) in [6.45, 7) is 0. The van der Waals surface area contributed by atoms with Gasteiger partial charge in [0.15, 0.2) is 5.82 Å². The monoisotopic (exact) mass is 311 g/mol. The Hall–Kier alpha value is -2.31. The van der Waals surface area contributed by atoms with Crippen molar-refractivity contribution in [2.24, 2.45) is 11.5 Å². The second-order valence-corrected chi connectivity index (χ2v) is 6.29. The van der Waals surface area contributed by atoms with E-state index in [4.69, 9.17) is 11.5 Å². The van der Waals surface area contributed by atoms with Crippen LogP contribution < -0.4 is 11.5 Å². The highest BCUT2D eigenvalue weighted by Crippen LogP contribution is 2.35. The van der Waals surface area contributed by atoms with Crippen molar-refractivity contribution in [3.63, 3.8) is 0 Å². The topological polar surface area (TPSA) is 82.2 Å². The smallest absolute Gasteiger partial charge is 0.168 e. The quantitative estimate of drug-likeness (QED) is 0.760. The summed E-state index contributed by atoms with van der Waals surface area (Å²) >= 11 is 0. The summed E-state index contributed by atoms with van der Waals surface area (Å²) in [5.41, 5.74) is 14.9. The Labute approximate surface area is 133 Å². The fraction of sp³-hybridized carbons (Fsp3) is 0.294. The maximum absolute atomic E-state index is 13.7. The Balaban J connectivity index is 1.73. The van der Waals surface area contributed by atoms with E-state index < -0.39 is 5.54 Å². The van der Waals surface area contributed by atoms with E-state index in [1.54, 1.807) is 16.8 Å². The maximum Gasteiger partial charge on any atom is 0.168 e. The van der Waals surface area contributed by atoms with Gasteiger partial charge in [0.25, 0.3) is 0 Å². The van der Waals surface area contributed by atoms with Crippen molar-refractivity contribution in [2.45, 2.75) is 30.8 Å². The SMILES string of the molecule is NC1CCC(N)(c2ccc(-c3cccc4c(F)cnn34)cn2)C1. The minimum absolute atomic E-state index is 0.141. The van der Waals surface area contributed by atoms with Crippen molar-refractivity contribution < 1.29 is 4.39 Å². The van der Waals surface area contributed by atoms with Crippen LogP contribution >= 0.6 is 0 Å². The van der Waals surface area contributed by atoms with Crippen LogP contribution in [0.5, 0.6) is 0 Å². The lowest BCUT2D eigenvalue weighted by Crippen LogP contribution is -2.36. The van der Waals surface area contributed by atoms with Gasteiger partial charge >= 0.3 is 0 Å². The predicted molar refractivity (Wildman–Crippen MR) is 86.1 cm³/mol. The van der Waals surface area contributed by atoms with Gasteiger partial charge in [0.1, 0.15) is 5.52 Å². The molecule has 1 saturated carbocycles. The normalized spacial score (nSPS) is 24.4. The third kappa shape index (κ3) is 2.31. The van der Waals surface area contributed by atoms with Crippen LogP contribution in [-0.2, 0) is 5.54 Å². The molecule has 3 heterocycles. The molecule has 0 bridgehead atoms. The van der Waals surface area contributed by atoms with Gasteiger partial charge in [-0.25, -0.2) is 8.91 Å². The van der Waals surface area contributed by atoms with E-state index in [2.05, 4.69) is 10.1 Å². The van der Waals surface area contributed by atoms with Gasteiger partial charge in [-0.2, -0.15) is 5.10 Å². The Morgan fingerprint density at radius 1 is 1.22 bits per heavy atom. The minimum atomic E-state index is -0.443. The summed E-state index contributed by atoms with van der Waals surface area (Å²) in [4.78, 5) is 4.54. The van der Waals surface area contributed by atoms with Crippen molar-refractivity contribution in [3.05, 3.63) is 54.2 Å². The molecule has 2 atom stereocenters. The van der Waals surface area contributed by atoms with Crippen LogP contribution in [0, 0.1) is 5.82 Å². The summed E-state index contributed by atoms with van der Waals surface area (Å²) in [6, 6.07) is 9.43. The highest BCUT2D eigenvalue weighted by atomic mass is 19.1. The third-order valence-corrected chi connectivity index (χ3v) is 4.65. The Morgan fingerprint density at radius 2 is 2.09 bits per heavy atom. The minimum Gasteiger partial charge on any atom is -0.328 e. The lowest BCUT2D eigenvalue weighted by Gasteiger charge is -2.23. The molecule has 2 unspecified atom stereocenters. The van der Waals surface area contributed by atoms with Crippen LogP contribution in [0.25, 0.3) is 16.8 Å². The highest BCUT2D eigenvalue weighted by Gasteiger charge is 2.36. The molecule has 23 heavy (non-hydrogen) atoms. The summed E-state index contributed by atoms with van der Waals surface area (Å²) in [5, 5.41) is 4.09. The first-order valence-electron chi connectivity index (χ1n) is 7.70. The van der Waals surface area contributed by atoms with E-state index >= 15 is 0 Å². The molecular weight excluding hydrogens is 293 g/mol. The molecule has 0 radical (unpaired) electrons. The molecule has 4 N–H and O–H groups in total. The maximum atomic E-state index is 13.7. The lowest BCUT2D eigenvalue weighted by molar-refractivity contribution is 0.440. The summed E-state index contributed by atoms with van der Waals surface area (Å²) in [6.07, 6.45) is 5.50. The number of halogens is 1. The van der Waals surface area contributed by atoms with Gasteiger partial charge in [-0.1, -0.05) is 6.07 Å². The second kappa shape index (κ2) is 5.11. The summed E-state index contributed by atoms with van der Waals surface area (Å²) < 4.78 is 15.2. The van der Waals surface area contributed by atoms with Gasteiger partial charge < -0.3 is 11.5 Å². The zero-order valence-corrected chi connectivity index (χ0v) is 12.6. The summed E-state index contributed by atoms with van der Waals surface area (Å²) in [5.74, 6) is -0.336. The van der Waals surface area contributed by atoms with Crippen molar-refractivity contribution in [1.29, 1.82) is 0 Å². The number of fused-ring (bicyclic) bond motifs is 1. The number of aromatic nitrogens is 3. The van der Waals surface area contributed by atoms with E-state index in [1.165, 1.54) is 6.20 Å². The number of pyridine rings is 2. The van der Waals surface area contributed by atoms with E-state index in [0.717, 1.165) is 36.2 Å². The molecule has 1 fully saturated rings. The molecule has 0 aliphatic heterocycles. The third-order valence-electron chi connectivity index (χ3n) is 4.65. The standard InChI is InChI=1S/C17H18FN5/c18-13-10-22-23-14(2-1-3-15(13)23)11-4-5-16(21-9-11)17(20)7-6-12(19)8-17/h1-5,9-10,12H,6-8,19-20H2. The van der Waals surface area contributed by atoms with Gasteiger partial charge in [-0.15, -0.1) is 0 Å². The molecule has 4 rings (SSSR count). The van der Waals surface area contributed by atoms with Crippen LogP contribution in [0.15, 0.2) is 42.7 Å². The first kappa shape index (κ1) is 14.3. The van der Waals surface area contributed by atoms with Crippen molar-refractivity contribution in [1.82, 2.24) is 14.6 Å². The highest BCUT2D eigenvalue weighted by molar-refractivity contribution is 5.64. The number of nitrogens with two attached hydrogens (primary N) is 2. The fourth-order valence-electron chi connectivity index (χ4n) is 3.39. The van der Waals surface area contributed by atoms with Gasteiger partial charge in [0.2, 0.25) is 0 Å². The fourth-order valence-corrected chi connectivity index (χ4v) is 3.39. The molecule has 0 spiro atoms. The van der Waals surface area contributed by atoms with Crippen molar-refractivity contribution in [3.8, 4) is 11.3 Å². The summed E-state index contributed by atoms with van der Waals surface area (Å²) in [7, 11) is 0. The van der Waals surface area contributed by atoms with Crippen molar-refractivity contribution in [2.75, 3.05) is 0 Å². The molecule has 1 aliphatic carbocycles. The molecule has 6 heteroatoms. The molecule has 3 aromatic rings. The molecule has 3 aromatic heterocycles. The Bertz CT molecular complexity index is 857. The van der Waals surface area contributed by atoms with E-state index in [-0.39, 0.29) is 11.9 Å². The van der Waals surface area contributed by atoms with E-state index in [1.807, 2.05) is 24.3 Å². The molecule has 1 aliphatic rings. The Kier molecular flexibility index (Phi) is 3.18. The van der Waals surface area contributed by atoms with Crippen LogP contribution in [0.2, 0.25) is 0 Å². The van der Waals surface area contributed by atoms with Crippen LogP contribution in [0.4, 0.5) is 4.39 Å². The molecule has 0 amide bonds. The molecule has 0 saturated heterocycles. The molecule has 5 nitrogen and oxygen atoms in total. The number of hydrogen-bond donors (Lipinski definition) is 2. The number of rotatable bonds is 2. The average Bonchev–Trinajstić information content (AvgIpc) is 3.11. The first-order chi connectivity index (χ1) is 11.1. The van der Waals surface area contributed by atoms with Crippen molar-refractivity contribution >= 4 is 5.52 Å². The van der Waals surface area contributed by atoms with Gasteiger partial charge in [0, 0.05) is 17.8 Å². The van der Waals surface area contributed by atoms with Gasteiger partial charge in [-0.3, -0.25) is 4.98 Å². The van der Waals surface area contributed by atoms with E-state index in [0.29, 0.717) is 5.52 Å². The number of nitrogens with zero attached hydrogens (tertiary/aromatic N) is 3. The number of hydrogen-bond acceptors (Lipinski definition) is 4. The molecular formula is C17H18FN5. The molecule has 0 aromatic carbocycles.